The maximum Gasteiger partial charge on any atom is 0.213 e. The maximum atomic E-state index is 4.69. The van der Waals surface area contributed by atoms with Gasteiger partial charge in [-0.15, -0.1) is 0 Å². The first kappa shape index (κ1) is 12.6. The SMILES string of the molecule is CC(NCc1ncon1)c1ccc(N(C)C)cc1. The quantitative estimate of drug-likeness (QED) is 0.874. The van der Waals surface area contributed by atoms with E-state index in [2.05, 4.69) is 56.1 Å². The minimum absolute atomic E-state index is 0.250. The summed E-state index contributed by atoms with van der Waals surface area (Å²) in [6.45, 7) is 2.72. The summed E-state index contributed by atoms with van der Waals surface area (Å²) < 4.78 is 4.69. The predicted molar refractivity (Wildman–Crippen MR) is 70.3 cm³/mol. The Hall–Kier alpha value is -1.88. The number of benzene rings is 1. The topological polar surface area (TPSA) is 54.2 Å². The van der Waals surface area contributed by atoms with E-state index >= 15 is 0 Å². The first-order valence-corrected chi connectivity index (χ1v) is 5.92. The minimum Gasteiger partial charge on any atom is -0.378 e. The second-order valence-corrected chi connectivity index (χ2v) is 4.44. The Balaban J connectivity index is 1.94. The Labute approximate surface area is 107 Å². The van der Waals surface area contributed by atoms with Crippen LogP contribution in [0.2, 0.25) is 0 Å². The fraction of sp³-hybridized carbons (Fsp3) is 0.385. The van der Waals surface area contributed by atoms with Crippen LogP contribution in [0.4, 0.5) is 5.69 Å². The second-order valence-electron chi connectivity index (χ2n) is 4.44. The van der Waals surface area contributed by atoms with Gasteiger partial charge in [0.2, 0.25) is 6.39 Å². The summed E-state index contributed by atoms with van der Waals surface area (Å²) in [4.78, 5) is 6.06. The molecule has 0 aliphatic heterocycles. The second kappa shape index (κ2) is 5.64. The van der Waals surface area contributed by atoms with Crippen LogP contribution in [0.5, 0.6) is 0 Å². The molecule has 0 spiro atoms. The van der Waals surface area contributed by atoms with E-state index in [1.807, 2.05) is 14.1 Å². The molecule has 0 saturated carbocycles. The number of hydrogen-bond acceptors (Lipinski definition) is 5. The molecule has 0 aliphatic rings. The Morgan fingerprint density at radius 3 is 2.56 bits per heavy atom. The van der Waals surface area contributed by atoms with Crippen LogP contribution >= 0.6 is 0 Å². The zero-order valence-corrected chi connectivity index (χ0v) is 10.9. The standard InChI is InChI=1S/C13H18N4O/c1-10(14-8-13-15-9-18-16-13)11-4-6-12(7-5-11)17(2)3/h4-7,9-10,14H,8H2,1-3H3. The van der Waals surface area contributed by atoms with Crippen molar-refractivity contribution < 1.29 is 4.52 Å². The molecule has 1 atom stereocenters. The third kappa shape index (κ3) is 3.07. The summed E-state index contributed by atoms with van der Waals surface area (Å²) in [5, 5.41) is 7.12. The molecule has 1 aromatic heterocycles. The van der Waals surface area contributed by atoms with E-state index in [0.717, 1.165) is 0 Å². The molecule has 0 saturated heterocycles. The van der Waals surface area contributed by atoms with Crippen molar-refractivity contribution in [1.82, 2.24) is 15.5 Å². The van der Waals surface area contributed by atoms with Crippen LogP contribution in [0.25, 0.3) is 0 Å². The van der Waals surface area contributed by atoms with Crippen LogP contribution in [-0.4, -0.2) is 24.2 Å². The van der Waals surface area contributed by atoms with Crippen molar-refractivity contribution >= 4 is 5.69 Å². The Morgan fingerprint density at radius 1 is 1.28 bits per heavy atom. The minimum atomic E-state index is 0.250. The molecule has 5 heteroatoms. The number of anilines is 1. The third-order valence-electron chi connectivity index (χ3n) is 2.88. The maximum absolute atomic E-state index is 4.69. The van der Waals surface area contributed by atoms with E-state index in [-0.39, 0.29) is 6.04 Å². The first-order valence-electron chi connectivity index (χ1n) is 5.92. The van der Waals surface area contributed by atoms with E-state index in [9.17, 15) is 0 Å². The summed E-state index contributed by atoms with van der Waals surface area (Å²) in [6.07, 6.45) is 1.34. The van der Waals surface area contributed by atoms with E-state index in [4.69, 9.17) is 0 Å². The molecule has 1 heterocycles. The molecule has 0 aliphatic carbocycles. The van der Waals surface area contributed by atoms with Crippen LogP contribution in [0.15, 0.2) is 35.2 Å². The molecule has 2 aromatic rings. The molecule has 1 N–H and O–H groups in total. The number of rotatable bonds is 5. The van der Waals surface area contributed by atoms with Gasteiger partial charge in [0.25, 0.3) is 0 Å². The van der Waals surface area contributed by atoms with Crippen molar-refractivity contribution in [2.75, 3.05) is 19.0 Å². The zero-order valence-electron chi connectivity index (χ0n) is 10.9. The van der Waals surface area contributed by atoms with Gasteiger partial charge in [-0.05, 0) is 24.6 Å². The average molecular weight is 246 g/mol. The van der Waals surface area contributed by atoms with Crippen LogP contribution in [0.3, 0.4) is 0 Å². The van der Waals surface area contributed by atoms with Crippen LogP contribution in [0, 0.1) is 0 Å². The van der Waals surface area contributed by atoms with E-state index in [0.29, 0.717) is 12.4 Å². The molecule has 18 heavy (non-hydrogen) atoms. The fourth-order valence-corrected chi connectivity index (χ4v) is 1.69. The predicted octanol–water partition coefficient (Wildman–Crippen LogP) is 1.99. The van der Waals surface area contributed by atoms with Gasteiger partial charge in [0.1, 0.15) is 0 Å². The number of nitrogens with zero attached hydrogens (tertiary/aromatic N) is 3. The highest BCUT2D eigenvalue weighted by Gasteiger charge is 2.06. The van der Waals surface area contributed by atoms with Crippen molar-refractivity contribution in [3.63, 3.8) is 0 Å². The van der Waals surface area contributed by atoms with Crippen LogP contribution in [0.1, 0.15) is 24.4 Å². The molecule has 2 rings (SSSR count). The highest BCUT2D eigenvalue weighted by Crippen LogP contribution is 2.17. The lowest BCUT2D eigenvalue weighted by atomic mass is 10.1. The summed E-state index contributed by atoms with van der Waals surface area (Å²) >= 11 is 0. The van der Waals surface area contributed by atoms with Crippen LogP contribution in [-0.2, 0) is 6.54 Å². The summed E-state index contributed by atoms with van der Waals surface area (Å²) in [7, 11) is 4.07. The normalized spacial score (nSPS) is 12.4. The van der Waals surface area contributed by atoms with Gasteiger partial charge in [-0.25, -0.2) is 0 Å². The molecule has 0 amide bonds. The van der Waals surface area contributed by atoms with Gasteiger partial charge in [-0.1, -0.05) is 17.3 Å². The molecule has 0 fully saturated rings. The van der Waals surface area contributed by atoms with Crippen molar-refractivity contribution in [2.24, 2.45) is 0 Å². The van der Waals surface area contributed by atoms with E-state index in [1.165, 1.54) is 17.6 Å². The van der Waals surface area contributed by atoms with Gasteiger partial charge in [0.15, 0.2) is 5.82 Å². The zero-order chi connectivity index (χ0) is 13.0. The lowest BCUT2D eigenvalue weighted by Crippen LogP contribution is -2.19. The molecular formula is C13H18N4O. The van der Waals surface area contributed by atoms with Gasteiger partial charge in [0.05, 0.1) is 6.54 Å². The van der Waals surface area contributed by atoms with Gasteiger partial charge in [-0.3, -0.25) is 0 Å². The van der Waals surface area contributed by atoms with Crippen molar-refractivity contribution in [3.05, 3.63) is 42.0 Å². The molecule has 5 nitrogen and oxygen atoms in total. The third-order valence-corrected chi connectivity index (χ3v) is 2.88. The number of nitrogens with one attached hydrogen (secondary N) is 1. The smallest absolute Gasteiger partial charge is 0.213 e. The van der Waals surface area contributed by atoms with Gasteiger partial charge in [-0.2, -0.15) is 4.98 Å². The van der Waals surface area contributed by atoms with Crippen molar-refractivity contribution in [1.29, 1.82) is 0 Å². The highest BCUT2D eigenvalue weighted by molar-refractivity contribution is 5.46. The van der Waals surface area contributed by atoms with Crippen LogP contribution < -0.4 is 10.2 Å². The summed E-state index contributed by atoms with van der Waals surface area (Å²) in [5.41, 5.74) is 2.44. The first-order chi connectivity index (χ1) is 8.66. The number of hydrogen-bond donors (Lipinski definition) is 1. The van der Waals surface area contributed by atoms with E-state index < -0.39 is 0 Å². The molecule has 1 unspecified atom stereocenters. The Kier molecular flexibility index (Phi) is 3.94. The molecule has 1 aromatic carbocycles. The largest absolute Gasteiger partial charge is 0.378 e. The molecular weight excluding hydrogens is 228 g/mol. The fourth-order valence-electron chi connectivity index (χ4n) is 1.69. The summed E-state index contributed by atoms with van der Waals surface area (Å²) in [6, 6.07) is 8.73. The van der Waals surface area contributed by atoms with Gasteiger partial charge >= 0.3 is 0 Å². The molecule has 96 valence electrons. The molecule has 0 bridgehead atoms. The lowest BCUT2D eigenvalue weighted by molar-refractivity contribution is 0.405. The average Bonchev–Trinajstić information content (AvgIpc) is 2.89. The van der Waals surface area contributed by atoms with Crippen molar-refractivity contribution in [3.8, 4) is 0 Å². The number of aromatic nitrogens is 2. The monoisotopic (exact) mass is 246 g/mol. The van der Waals surface area contributed by atoms with E-state index in [1.54, 1.807) is 0 Å². The molecule has 0 radical (unpaired) electrons. The van der Waals surface area contributed by atoms with Gasteiger partial charge in [0, 0.05) is 25.8 Å². The summed E-state index contributed by atoms with van der Waals surface area (Å²) in [5.74, 6) is 0.673. The highest BCUT2D eigenvalue weighted by atomic mass is 16.5. The Morgan fingerprint density at radius 2 is 2.00 bits per heavy atom. The van der Waals surface area contributed by atoms with Gasteiger partial charge < -0.3 is 14.7 Å². The Bertz CT molecular complexity index is 464. The van der Waals surface area contributed by atoms with Crippen molar-refractivity contribution in [2.45, 2.75) is 19.5 Å². The lowest BCUT2D eigenvalue weighted by Gasteiger charge is -2.16.